The molecule has 0 aromatic heterocycles. The Balaban J connectivity index is 2.70. The fourth-order valence-corrected chi connectivity index (χ4v) is 2.95. The molecule has 1 heterocycles. The Morgan fingerprint density at radius 3 is 1.90 bits per heavy atom. The SMILES string of the molecule is [B-][P+]1(OC)N(C)CCN1C. The predicted molar refractivity (Wildman–Crippen MR) is 44.9 cm³/mol. The van der Waals surface area contributed by atoms with E-state index in [0.29, 0.717) is 0 Å². The topological polar surface area (TPSA) is 15.7 Å². The van der Waals surface area contributed by atoms with Gasteiger partial charge in [0.05, 0.1) is 7.11 Å². The molecule has 1 rings (SSSR count). The van der Waals surface area contributed by atoms with Gasteiger partial charge in [0.1, 0.15) is 0 Å². The largest absolute Gasteiger partial charge is 0.262 e. The van der Waals surface area contributed by atoms with E-state index in [1.165, 1.54) is 0 Å². The molecule has 1 saturated heterocycles. The minimum atomic E-state index is -1.82. The number of nitrogens with zero attached hydrogens (tertiary/aromatic N) is 2. The molecule has 0 unspecified atom stereocenters. The van der Waals surface area contributed by atoms with E-state index in [9.17, 15) is 0 Å². The molecule has 0 aromatic carbocycles. The van der Waals surface area contributed by atoms with Crippen LogP contribution >= 0.6 is 7.67 Å². The van der Waals surface area contributed by atoms with E-state index in [0.717, 1.165) is 13.1 Å². The first-order chi connectivity index (χ1) is 4.61. The van der Waals surface area contributed by atoms with Crippen molar-refractivity contribution >= 4 is 15.2 Å². The molecule has 1 aliphatic rings. The average molecular weight is 159 g/mol. The molecule has 0 atom stereocenters. The summed E-state index contributed by atoms with van der Waals surface area (Å²) in [7, 11) is 9.84. The van der Waals surface area contributed by atoms with Crippen LogP contribution < -0.4 is 0 Å². The molecule has 0 saturated carbocycles. The van der Waals surface area contributed by atoms with Crippen molar-refractivity contribution in [3.05, 3.63) is 0 Å². The van der Waals surface area contributed by atoms with Crippen LogP contribution in [0.4, 0.5) is 0 Å². The normalized spacial score (nSPS) is 27.6. The van der Waals surface area contributed by atoms with Crippen LogP contribution in [0.15, 0.2) is 0 Å². The zero-order chi connectivity index (χ0) is 7.78. The van der Waals surface area contributed by atoms with Gasteiger partial charge in [-0.15, -0.1) is 0 Å². The second-order valence-corrected chi connectivity index (χ2v) is 5.44. The highest BCUT2D eigenvalue weighted by atomic mass is 31.2. The molecule has 0 aromatic rings. The van der Waals surface area contributed by atoms with Gasteiger partial charge in [-0.05, 0) is 0 Å². The van der Waals surface area contributed by atoms with E-state index < -0.39 is 7.67 Å². The monoisotopic (exact) mass is 159 g/mol. The summed E-state index contributed by atoms with van der Waals surface area (Å²) in [6.45, 7) is 2.02. The second-order valence-electron chi connectivity index (χ2n) is 2.53. The minimum absolute atomic E-state index is 1.01. The van der Waals surface area contributed by atoms with Gasteiger partial charge in [-0.3, -0.25) is 4.52 Å². The Labute approximate surface area is 64.2 Å². The molecule has 1 aliphatic heterocycles. The van der Waals surface area contributed by atoms with Crippen molar-refractivity contribution in [1.29, 1.82) is 0 Å². The van der Waals surface area contributed by atoms with Crippen molar-refractivity contribution in [2.24, 2.45) is 0 Å². The van der Waals surface area contributed by atoms with Gasteiger partial charge in [0.25, 0.3) is 0 Å². The average Bonchev–Trinajstić information content (AvgIpc) is 2.18. The summed E-state index contributed by atoms with van der Waals surface area (Å²) in [5, 5.41) is 0. The van der Waals surface area contributed by atoms with Gasteiger partial charge in [-0.2, -0.15) is 9.34 Å². The van der Waals surface area contributed by atoms with Crippen molar-refractivity contribution in [3.8, 4) is 0 Å². The molecular weight excluding hydrogens is 146 g/mol. The third-order valence-electron chi connectivity index (χ3n) is 1.99. The number of hydrogen-bond acceptors (Lipinski definition) is 3. The summed E-state index contributed by atoms with van der Waals surface area (Å²) in [6, 6.07) is 0. The van der Waals surface area contributed by atoms with Gasteiger partial charge in [-0.1, -0.05) is 0 Å². The predicted octanol–water partition coefficient (Wildman–Crippen LogP) is 0.356. The molecule has 0 bridgehead atoms. The van der Waals surface area contributed by atoms with Gasteiger partial charge in [0.15, 0.2) is 0 Å². The highest BCUT2D eigenvalue weighted by Crippen LogP contribution is 2.62. The Morgan fingerprint density at radius 2 is 1.70 bits per heavy atom. The third kappa shape index (κ3) is 1.10. The van der Waals surface area contributed by atoms with Crippen molar-refractivity contribution in [2.45, 2.75) is 0 Å². The van der Waals surface area contributed by atoms with Crippen LogP contribution in [0.25, 0.3) is 0 Å². The smallest absolute Gasteiger partial charge is 0.0775 e. The number of likely N-dealkylation sites (N-methyl/N-ethyl adjacent to an activating group) is 2. The maximum Gasteiger partial charge on any atom is 0.0775 e. The molecule has 10 heavy (non-hydrogen) atoms. The van der Waals surface area contributed by atoms with Crippen molar-refractivity contribution in [3.63, 3.8) is 0 Å². The Hall–Kier alpha value is 0.375. The molecule has 3 radical (unpaired) electrons. The second kappa shape index (κ2) is 2.78. The molecule has 0 amide bonds. The van der Waals surface area contributed by atoms with E-state index in [2.05, 4.69) is 9.34 Å². The molecule has 0 N–H and O–H groups in total. The molecular formula is C5H13BN2OP. The summed E-state index contributed by atoms with van der Waals surface area (Å²) in [6.07, 6.45) is 0. The summed E-state index contributed by atoms with van der Waals surface area (Å²) >= 11 is 0. The Bertz CT molecular complexity index is 125. The standard InChI is InChI=1S/C5H13BN2OP/c1-7-4-5-8(2)10(7,6)9-3/h4-5H2,1-3H3. The fourth-order valence-electron chi connectivity index (χ4n) is 1.12. The molecule has 1 fully saturated rings. The molecule has 3 nitrogen and oxygen atoms in total. The minimum Gasteiger partial charge on any atom is -0.262 e. The van der Waals surface area contributed by atoms with Crippen LogP contribution in [0, 0.1) is 0 Å². The van der Waals surface area contributed by atoms with Gasteiger partial charge >= 0.3 is 0 Å². The highest BCUT2D eigenvalue weighted by molar-refractivity contribution is 7.90. The molecule has 5 heteroatoms. The lowest BCUT2D eigenvalue weighted by molar-refractivity contribution is 0.387. The van der Waals surface area contributed by atoms with E-state index in [-0.39, 0.29) is 0 Å². The number of hydrogen-bond donors (Lipinski definition) is 0. The quantitative estimate of drug-likeness (QED) is 0.405. The van der Waals surface area contributed by atoms with Crippen molar-refractivity contribution in [1.82, 2.24) is 9.34 Å². The van der Waals surface area contributed by atoms with E-state index >= 15 is 0 Å². The van der Waals surface area contributed by atoms with E-state index in [1.807, 2.05) is 14.1 Å². The first-order valence-electron chi connectivity index (χ1n) is 3.28. The van der Waals surface area contributed by atoms with Crippen molar-refractivity contribution in [2.75, 3.05) is 34.3 Å². The van der Waals surface area contributed by atoms with Crippen LogP contribution in [0.5, 0.6) is 0 Å². The lowest BCUT2D eigenvalue weighted by atomic mass is 10.6. The first-order valence-corrected chi connectivity index (χ1v) is 4.96. The lowest BCUT2D eigenvalue weighted by Gasteiger charge is -2.38. The zero-order valence-electron chi connectivity index (χ0n) is 6.74. The van der Waals surface area contributed by atoms with Crippen LogP contribution in [-0.4, -0.2) is 51.2 Å². The van der Waals surface area contributed by atoms with Crippen molar-refractivity contribution < 1.29 is 4.52 Å². The Kier molecular flexibility index (Phi) is 2.36. The summed E-state index contributed by atoms with van der Waals surface area (Å²) in [5.74, 6) is 0. The van der Waals surface area contributed by atoms with Crippen LogP contribution in [-0.2, 0) is 4.52 Å². The van der Waals surface area contributed by atoms with Gasteiger partial charge in [-0.25, -0.2) is 7.57 Å². The maximum atomic E-state index is 5.99. The lowest BCUT2D eigenvalue weighted by Crippen LogP contribution is -2.20. The maximum absolute atomic E-state index is 5.99. The fraction of sp³-hybridized carbons (Fsp3) is 1.00. The highest BCUT2D eigenvalue weighted by Gasteiger charge is 2.36. The van der Waals surface area contributed by atoms with Crippen LogP contribution in [0.1, 0.15) is 0 Å². The summed E-state index contributed by atoms with van der Waals surface area (Å²) < 4.78 is 9.44. The Morgan fingerprint density at radius 1 is 1.30 bits per heavy atom. The van der Waals surface area contributed by atoms with Crippen LogP contribution in [0.2, 0.25) is 0 Å². The van der Waals surface area contributed by atoms with E-state index in [4.69, 9.17) is 12.1 Å². The first kappa shape index (κ1) is 8.47. The van der Waals surface area contributed by atoms with Gasteiger partial charge in [0.2, 0.25) is 0 Å². The number of rotatable bonds is 1. The molecule has 0 aliphatic carbocycles. The van der Waals surface area contributed by atoms with Crippen LogP contribution in [0.3, 0.4) is 0 Å². The van der Waals surface area contributed by atoms with Gasteiger partial charge < -0.3 is 0 Å². The molecule has 0 spiro atoms. The molecule has 57 valence electrons. The van der Waals surface area contributed by atoms with Gasteiger partial charge in [0, 0.05) is 34.9 Å². The zero-order valence-corrected chi connectivity index (χ0v) is 7.64. The third-order valence-corrected chi connectivity index (χ3v) is 4.89. The summed E-state index contributed by atoms with van der Waals surface area (Å²) in [5.41, 5.74) is 0. The van der Waals surface area contributed by atoms with E-state index in [1.54, 1.807) is 7.11 Å². The summed E-state index contributed by atoms with van der Waals surface area (Å²) in [4.78, 5) is 0.